The van der Waals surface area contributed by atoms with Crippen LogP contribution in [0.2, 0.25) is 0 Å². The van der Waals surface area contributed by atoms with Crippen LogP contribution in [0.3, 0.4) is 0 Å². The van der Waals surface area contributed by atoms with Gasteiger partial charge in [-0.15, -0.1) is 0 Å². The van der Waals surface area contributed by atoms with Crippen molar-refractivity contribution in [1.82, 2.24) is 0 Å². The van der Waals surface area contributed by atoms with Crippen molar-refractivity contribution in [2.24, 2.45) is 0 Å². The van der Waals surface area contributed by atoms with E-state index in [0.29, 0.717) is 0 Å². The van der Waals surface area contributed by atoms with Gasteiger partial charge in [0.1, 0.15) is 23.2 Å². The van der Waals surface area contributed by atoms with Gasteiger partial charge in [-0.1, -0.05) is 81.0 Å². The van der Waals surface area contributed by atoms with E-state index in [-0.39, 0.29) is 17.8 Å². The van der Waals surface area contributed by atoms with Gasteiger partial charge in [0.15, 0.2) is 0 Å². The van der Waals surface area contributed by atoms with Crippen molar-refractivity contribution in [3.05, 3.63) is 78.1 Å². The van der Waals surface area contributed by atoms with Crippen molar-refractivity contribution in [3.63, 3.8) is 0 Å². The molecule has 2 heterocycles. The molecular weight excluding hydrogens is 424 g/mol. The van der Waals surface area contributed by atoms with Crippen LogP contribution in [0, 0.1) is 0 Å². The fourth-order valence-corrected chi connectivity index (χ4v) is 5.93. The third-order valence-corrected chi connectivity index (χ3v) is 7.76. The monoisotopic (exact) mass is 456 g/mol. The van der Waals surface area contributed by atoms with Gasteiger partial charge in [0.05, 0.1) is 17.9 Å². The van der Waals surface area contributed by atoms with Crippen molar-refractivity contribution in [3.8, 4) is 11.5 Å². The molecule has 4 aliphatic rings. The van der Waals surface area contributed by atoms with Crippen LogP contribution < -0.4 is 9.47 Å². The molecule has 4 atom stereocenters. The Hall–Kier alpha value is -2.82. The second kappa shape index (κ2) is 8.44. The number of hydrogen-bond donors (Lipinski definition) is 0. The highest BCUT2D eigenvalue weighted by molar-refractivity contribution is 5.79. The van der Waals surface area contributed by atoms with E-state index in [1.54, 1.807) is 0 Å². The van der Waals surface area contributed by atoms with E-state index in [2.05, 4.69) is 43.5 Å². The average molecular weight is 457 g/mol. The number of ether oxygens (including phenoxy) is 4. The Morgan fingerprint density at radius 1 is 0.853 bits per heavy atom. The molecule has 34 heavy (non-hydrogen) atoms. The summed E-state index contributed by atoms with van der Waals surface area (Å²) in [6.07, 6.45) is 16.6. The normalized spacial score (nSPS) is 31.3. The molecule has 0 aromatic heterocycles. The first kappa shape index (κ1) is 21.7. The van der Waals surface area contributed by atoms with Crippen molar-refractivity contribution >= 4 is 18.2 Å². The summed E-state index contributed by atoms with van der Waals surface area (Å²) >= 11 is 0. The van der Waals surface area contributed by atoms with E-state index in [0.717, 1.165) is 72.3 Å². The molecule has 0 spiro atoms. The Labute approximate surface area is 201 Å². The van der Waals surface area contributed by atoms with E-state index in [1.165, 1.54) is 19.1 Å². The van der Waals surface area contributed by atoms with E-state index in [4.69, 9.17) is 18.9 Å². The Morgan fingerprint density at radius 3 is 2.38 bits per heavy atom. The number of fused-ring (bicyclic) bond motifs is 2. The summed E-state index contributed by atoms with van der Waals surface area (Å²) in [5.41, 5.74) is 3.66. The van der Waals surface area contributed by atoms with E-state index in [9.17, 15) is 0 Å². The van der Waals surface area contributed by atoms with Crippen LogP contribution in [-0.4, -0.2) is 18.0 Å². The molecule has 0 bridgehead atoms. The zero-order valence-corrected chi connectivity index (χ0v) is 19.6. The van der Waals surface area contributed by atoms with Crippen LogP contribution in [0.15, 0.2) is 55.8 Å². The van der Waals surface area contributed by atoms with Crippen LogP contribution in [-0.2, 0) is 15.1 Å². The maximum atomic E-state index is 6.90. The number of benzene rings is 2. The minimum atomic E-state index is -0.529. The second-order valence-electron chi connectivity index (χ2n) is 9.83. The summed E-state index contributed by atoms with van der Waals surface area (Å²) in [6, 6.07) is 12.4. The van der Waals surface area contributed by atoms with Gasteiger partial charge in [-0.25, -0.2) is 0 Å². The minimum Gasteiger partial charge on any atom is -0.464 e. The quantitative estimate of drug-likeness (QED) is 0.239. The van der Waals surface area contributed by atoms with Crippen molar-refractivity contribution in [2.45, 2.75) is 75.0 Å². The van der Waals surface area contributed by atoms with E-state index in [1.807, 2.05) is 24.3 Å². The molecule has 0 radical (unpaired) electrons. The van der Waals surface area contributed by atoms with E-state index >= 15 is 0 Å². The van der Waals surface area contributed by atoms with Gasteiger partial charge in [0.2, 0.25) is 5.79 Å². The van der Waals surface area contributed by atoms with Gasteiger partial charge < -0.3 is 18.9 Å². The molecule has 4 heteroatoms. The van der Waals surface area contributed by atoms with Gasteiger partial charge in [0.25, 0.3) is 0 Å². The zero-order chi connectivity index (χ0) is 23.2. The molecule has 0 N–H and O–H groups in total. The summed E-state index contributed by atoms with van der Waals surface area (Å²) in [6.45, 7) is 7.92. The van der Waals surface area contributed by atoms with Crippen LogP contribution >= 0.6 is 0 Å². The topological polar surface area (TPSA) is 43.5 Å². The molecule has 2 aromatic carbocycles. The van der Waals surface area contributed by atoms with Gasteiger partial charge in [-0.3, -0.25) is 0 Å². The number of rotatable bonds is 8. The lowest BCUT2D eigenvalue weighted by Gasteiger charge is -2.28. The van der Waals surface area contributed by atoms with Crippen molar-refractivity contribution in [2.75, 3.05) is 0 Å². The Kier molecular flexibility index (Phi) is 5.39. The summed E-state index contributed by atoms with van der Waals surface area (Å²) in [5.74, 6) is 1.04. The molecule has 2 aliphatic heterocycles. The highest BCUT2D eigenvalue weighted by Crippen LogP contribution is 2.62. The highest BCUT2D eigenvalue weighted by atomic mass is 16.8. The first-order valence-electron chi connectivity index (χ1n) is 12.6. The van der Waals surface area contributed by atoms with Crippen LogP contribution in [0.25, 0.3) is 18.2 Å². The first-order chi connectivity index (χ1) is 16.7. The third-order valence-electron chi connectivity index (χ3n) is 7.76. The van der Waals surface area contributed by atoms with Crippen LogP contribution in [0.5, 0.6) is 11.5 Å². The van der Waals surface area contributed by atoms with Gasteiger partial charge in [0, 0.05) is 17.5 Å². The zero-order valence-electron chi connectivity index (χ0n) is 19.6. The first-order valence-corrected chi connectivity index (χ1v) is 12.6. The molecule has 0 amide bonds. The third kappa shape index (κ3) is 3.60. The lowest BCUT2D eigenvalue weighted by molar-refractivity contribution is 0.0473. The highest BCUT2D eigenvalue weighted by Gasteiger charge is 2.64. The molecule has 176 valence electrons. The Bertz CT molecular complexity index is 1140. The van der Waals surface area contributed by atoms with Crippen LogP contribution in [0.1, 0.15) is 73.6 Å². The molecule has 4 unspecified atom stereocenters. The van der Waals surface area contributed by atoms with Crippen LogP contribution in [0.4, 0.5) is 0 Å². The molecule has 2 aromatic rings. The molecule has 4 nitrogen and oxygen atoms in total. The summed E-state index contributed by atoms with van der Waals surface area (Å²) in [7, 11) is 0. The Balaban J connectivity index is 1.53. The number of epoxide rings is 2. The minimum absolute atomic E-state index is 0.169. The fraction of sp³-hybridized carbons (Fsp3) is 0.400. The largest absolute Gasteiger partial charge is 0.464 e. The van der Waals surface area contributed by atoms with Gasteiger partial charge in [-0.2, -0.15) is 0 Å². The standard InChI is InChI=1S/C30H32O4/c1-3-22-20-23(17-16-21-12-6-5-7-13-21)28(34-30-19-11-9-15-25(30)33-30)26(27(22)31-4-2)29-18-10-8-14-24(29)32-29/h3-7,12-13,16-17,20,24-25H,1-2,8-11,14-15,18-19H2. The maximum absolute atomic E-state index is 6.90. The van der Waals surface area contributed by atoms with Crippen molar-refractivity contribution < 1.29 is 18.9 Å². The van der Waals surface area contributed by atoms with Gasteiger partial charge >= 0.3 is 0 Å². The smallest absolute Gasteiger partial charge is 0.237 e. The predicted molar refractivity (Wildman–Crippen MR) is 134 cm³/mol. The maximum Gasteiger partial charge on any atom is 0.237 e. The molecule has 6 rings (SSSR count). The van der Waals surface area contributed by atoms with Crippen molar-refractivity contribution in [1.29, 1.82) is 0 Å². The molecule has 2 aliphatic carbocycles. The van der Waals surface area contributed by atoms with E-state index < -0.39 is 5.79 Å². The lowest BCUT2D eigenvalue weighted by atomic mass is 9.81. The molecule has 2 saturated heterocycles. The average Bonchev–Trinajstić information content (AvgIpc) is 3.77. The summed E-state index contributed by atoms with van der Waals surface area (Å²) in [4.78, 5) is 0. The molecule has 2 saturated carbocycles. The fourth-order valence-electron chi connectivity index (χ4n) is 5.93. The lowest BCUT2D eigenvalue weighted by Crippen LogP contribution is -2.29. The predicted octanol–water partition coefficient (Wildman–Crippen LogP) is 7.24. The summed E-state index contributed by atoms with van der Waals surface area (Å²) < 4.78 is 25.6. The van der Waals surface area contributed by atoms with Gasteiger partial charge in [-0.05, 0) is 37.3 Å². The molecule has 4 fully saturated rings. The Morgan fingerprint density at radius 2 is 1.65 bits per heavy atom. The number of hydrogen-bond acceptors (Lipinski definition) is 4. The second-order valence-corrected chi connectivity index (χ2v) is 9.83. The SMILES string of the molecule is C=COc1c(C=C)cc(C=Cc2ccccc2)c(OC23CCCCC2O3)c1C12CCCCC1O2. The molecular formula is C30H32O4. The summed E-state index contributed by atoms with van der Waals surface area (Å²) in [5, 5.41) is 0.